The summed E-state index contributed by atoms with van der Waals surface area (Å²) < 4.78 is 28.0. The van der Waals surface area contributed by atoms with E-state index in [1.54, 1.807) is 0 Å². The van der Waals surface area contributed by atoms with Gasteiger partial charge in [-0.3, -0.25) is 0 Å². The normalized spacial score (nSPS) is 20.7. The Morgan fingerprint density at radius 3 is 2.29 bits per heavy atom. The van der Waals surface area contributed by atoms with Gasteiger partial charge in [-0.1, -0.05) is 11.6 Å². The number of hydrogen-bond donors (Lipinski definition) is 3. The Kier molecular flexibility index (Phi) is 5.03. The number of nitrogens with one attached hydrogen (secondary N) is 2. The monoisotopic (exact) mass is 374 g/mol. The highest BCUT2D eigenvalue weighted by Gasteiger charge is 2.39. The van der Waals surface area contributed by atoms with Gasteiger partial charge in [0.05, 0.1) is 15.5 Å². The van der Waals surface area contributed by atoms with Crippen molar-refractivity contribution in [3.05, 3.63) is 28.8 Å². The van der Waals surface area contributed by atoms with Gasteiger partial charge >= 0.3 is 5.97 Å². The van der Waals surface area contributed by atoms with Crippen molar-refractivity contribution in [1.29, 1.82) is 0 Å². The molecule has 1 aromatic carbocycles. The van der Waals surface area contributed by atoms with Gasteiger partial charge in [-0.2, -0.15) is 0 Å². The van der Waals surface area contributed by atoms with Gasteiger partial charge in [-0.15, -0.1) is 0 Å². The molecule has 0 aromatic heterocycles. The largest absolute Gasteiger partial charge is 0.478 e. The van der Waals surface area contributed by atoms with Crippen LogP contribution in [0.15, 0.2) is 23.1 Å². The third kappa shape index (κ3) is 4.47. The van der Waals surface area contributed by atoms with Gasteiger partial charge in [0.25, 0.3) is 0 Å². The topological polar surface area (TPSA) is 95.5 Å². The van der Waals surface area contributed by atoms with Crippen LogP contribution in [0.4, 0.5) is 0 Å². The number of carbonyl (C=O) groups is 1. The number of benzene rings is 1. The lowest BCUT2D eigenvalue weighted by Gasteiger charge is -2.46. The van der Waals surface area contributed by atoms with Crippen LogP contribution in [0.5, 0.6) is 0 Å². The van der Waals surface area contributed by atoms with Crippen LogP contribution in [0.3, 0.4) is 0 Å². The number of carboxylic acids is 1. The van der Waals surface area contributed by atoms with E-state index >= 15 is 0 Å². The molecule has 0 radical (unpaired) electrons. The van der Waals surface area contributed by atoms with Crippen LogP contribution in [-0.2, 0) is 10.0 Å². The predicted molar refractivity (Wildman–Crippen MR) is 93.0 cm³/mol. The van der Waals surface area contributed by atoms with Crippen molar-refractivity contribution in [2.75, 3.05) is 0 Å². The maximum absolute atomic E-state index is 12.6. The molecule has 1 aliphatic heterocycles. The predicted octanol–water partition coefficient (Wildman–Crippen LogP) is 2.63. The molecule has 8 heteroatoms. The number of halogens is 1. The molecule has 1 aromatic rings. The Morgan fingerprint density at radius 2 is 1.79 bits per heavy atom. The van der Waals surface area contributed by atoms with Crippen molar-refractivity contribution in [2.24, 2.45) is 0 Å². The Labute approximate surface area is 147 Å². The zero-order valence-corrected chi connectivity index (χ0v) is 15.8. The third-order valence-electron chi connectivity index (χ3n) is 3.99. The molecule has 0 unspecified atom stereocenters. The van der Waals surface area contributed by atoms with Crippen LogP contribution in [0.2, 0.25) is 5.02 Å². The SMILES string of the molecule is CC1(C)CC(NS(=O)(=O)c2ccc(Cl)c(C(=O)O)c2)CC(C)(C)N1. The average Bonchev–Trinajstić information content (AvgIpc) is 2.33. The Bertz CT molecular complexity index is 743. The first kappa shape index (κ1) is 19.2. The van der Waals surface area contributed by atoms with E-state index in [2.05, 4.69) is 10.0 Å². The van der Waals surface area contributed by atoms with E-state index in [1.165, 1.54) is 12.1 Å². The van der Waals surface area contributed by atoms with E-state index in [4.69, 9.17) is 16.7 Å². The van der Waals surface area contributed by atoms with Crippen LogP contribution in [-0.4, -0.2) is 36.6 Å². The second-order valence-corrected chi connectivity index (χ2v) is 9.69. The Balaban J connectivity index is 2.29. The number of rotatable bonds is 4. The van der Waals surface area contributed by atoms with Crippen molar-refractivity contribution >= 4 is 27.6 Å². The summed E-state index contributed by atoms with van der Waals surface area (Å²) in [5, 5.41) is 12.6. The highest BCUT2D eigenvalue weighted by atomic mass is 35.5. The number of piperidine rings is 1. The average molecular weight is 375 g/mol. The molecule has 0 spiro atoms. The fourth-order valence-corrected chi connectivity index (χ4v) is 4.99. The molecule has 1 heterocycles. The maximum atomic E-state index is 12.6. The molecule has 1 fully saturated rings. The first-order chi connectivity index (χ1) is 10.8. The van der Waals surface area contributed by atoms with E-state index in [0.717, 1.165) is 6.07 Å². The van der Waals surface area contributed by atoms with Crippen LogP contribution in [0.1, 0.15) is 50.9 Å². The smallest absolute Gasteiger partial charge is 0.337 e. The second-order valence-electron chi connectivity index (χ2n) is 7.57. The first-order valence-corrected chi connectivity index (χ1v) is 9.52. The highest BCUT2D eigenvalue weighted by molar-refractivity contribution is 7.89. The quantitative estimate of drug-likeness (QED) is 0.752. The van der Waals surface area contributed by atoms with Gasteiger partial charge in [-0.25, -0.2) is 17.9 Å². The minimum atomic E-state index is -3.83. The van der Waals surface area contributed by atoms with Crippen LogP contribution in [0.25, 0.3) is 0 Å². The van der Waals surface area contributed by atoms with E-state index < -0.39 is 16.0 Å². The van der Waals surface area contributed by atoms with Crippen molar-refractivity contribution in [3.8, 4) is 0 Å². The van der Waals surface area contributed by atoms with Gasteiger partial charge in [0.1, 0.15) is 0 Å². The summed E-state index contributed by atoms with van der Waals surface area (Å²) in [7, 11) is -3.83. The van der Waals surface area contributed by atoms with Crippen LogP contribution < -0.4 is 10.0 Å². The summed E-state index contributed by atoms with van der Waals surface area (Å²) in [4.78, 5) is 11.1. The molecule has 6 nitrogen and oxygen atoms in total. The first-order valence-electron chi connectivity index (χ1n) is 7.66. The van der Waals surface area contributed by atoms with E-state index in [0.29, 0.717) is 12.8 Å². The molecule has 2 rings (SSSR count). The molecule has 0 atom stereocenters. The van der Waals surface area contributed by atoms with Gasteiger partial charge < -0.3 is 10.4 Å². The molecule has 0 aliphatic carbocycles. The van der Waals surface area contributed by atoms with Crippen molar-refractivity contribution < 1.29 is 18.3 Å². The molecular weight excluding hydrogens is 352 g/mol. The highest BCUT2D eigenvalue weighted by Crippen LogP contribution is 2.30. The fourth-order valence-electron chi connectivity index (χ4n) is 3.53. The molecule has 134 valence electrons. The summed E-state index contributed by atoms with van der Waals surface area (Å²) in [6.45, 7) is 8.11. The molecule has 0 amide bonds. The molecule has 1 saturated heterocycles. The maximum Gasteiger partial charge on any atom is 0.337 e. The van der Waals surface area contributed by atoms with Crippen LogP contribution in [0, 0.1) is 0 Å². The van der Waals surface area contributed by atoms with E-state index in [1.807, 2.05) is 27.7 Å². The van der Waals surface area contributed by atoms with Crippen molar-refractivity contribution in [1.82, 2.24) is 10.0 Å². The molecule has 24 heavy (non-hydrogen) atoms. The molecule has 0 saturated carbocycles. The summed E-state index contributed by atoms with van der Waals surface area (Å²) >= 11 is 5.80. The van der Waals surface area contributed by atoms with E-state index in [-0.39, 0.29) is 32.6 Å². The zero-order valence-electron chi connectivity index (χ0n) is 14.2. The number of hydrogen-bond acceptors (Lipinski definition) is 4. The Hall–Kier alpha value is -1.15. The molecule has 3 N–H and O–H groups in total. The van der Waals surface area contributed by atoms with Gasteiger partial charge in [0.15, 0.2) is 0 Å². The lowest BCUT2D eigenvalue weighted by Crippen LogP contribution is -2.62. The van der Waals surface area contributed by atoms with E-state index in [9.17, 15) is 13.2 Å². The third-order valence-corrected chi connectivity index (χ3v) is 5.84. The summed E-state index contributed by atoms with van der Waals surface area (Å²) in [6.07, 6.45) is 1.27. The zero-order chi connectivity index (χ0) is 18.3. The summed E-state index contributed by atoms with van der Waals surface area (Å²) in [5.41, 5.74) is -0.645. The fraction of sp³-hybridized carbons (Fsp3) is 0.562. The van der Waals surface area contributed by atoms with Crippen molar-refractivity contribution in [2.45, 2.75) is 62.6 Å². The molecular formula is C16H23ClN2O4S. The summed E-state index contributed by atoms with van der Waals surface area (Å²) in [6, 6.07) is 3.44. The number of sulfonamides is 1. The minimum absolute atomic E-state index is 0.00517. The van der Waals surface area contributed by atoms with Crippen LogP contribution >= 0.6 is 11.6 Å². The molecule has 0 bridgehead atoms. The molecule has 1 aliphatic rings. The number of aromatic carboxylic acids is 1. The standard InChI is InChI=1S/C16H23ClN2O4S/c1-15(2)8-10(9-16(3,4)19-15)18-24(22,23)11-5-6-13(17)12(7-11)14(20)21/h5-7,10,18-19H,8-9H2,1-4H3,(H,20,21). The number of carboxylic acid groups (broad SMARTS) is 1. The Morgan fingerprint density at radius 1 is 1.25 bits per heavy atom. The lowest BCUT2D eigenvalue weighted by atomic mass is 9.80. The van der Waals surface area contributed by atoms with Gasteiger partial charge in [-0.05, 0) is 58.7 Å². The van der Waals surface area contributed by atoms with Gasteiger partial charge in [0, 0.05) is 17.1 Å². The minimum Gasteiger partial charge on any atom is -0.478 e. The van der Waals surface area contributed by atoms with Crippen molar-refractivity contribution in [3.63, 3.8) is 0 Å². The lowest BCUT2D eigenvalue weighted by molar-refractivity contribution is 0.0696. The van der Waals surface area contributed by atoms with Gasteiger partial charge in [0.2, 0.25) is 10.0 Å². The second kappa shape index (κ2) is 6.29. The summed E-state index contributed by atoms with van der Waals surface area (Å²) in [5.74, 6) is -1.26.